The highest BCUT2D eigenvalue weighted by Gasteiger charge is 2.30. The van der Waals surface area contributed by atoms with Gasteiger partial charge in [-0.15, -0.1) is 11.6 Å². The van der Waals surface area contributed by atoms with Gasteiger partial charge in [-0.25, -0.2) is 0 Å². The second kappa shape index (κ2) is 4.99. The Morgan fingerprint density at radius 2 is 1.85 bits per heavy atom. The number of hydrogen-bond donors (Lipinski definition) is 0. The van der Waals surface area contributed by atoms with Crippen molar-refractivity contribution in [2.45, 2.75) is 52.8 Å². The number of carbonyl (C=O) groups excluding carboxylic acids is 1. The first-order chi connectivity index (χ1) is 5.80. The molecule has 0 rings (SSSR count). The Morgan fingerprint density at radius 3 is 2.15 bits per heavy atom. The monoisotopic (exact) mass is 204 g/mol. The van der Waals surface area contributed by atoms with Gasteiger partial charge in [0.1, 0.15) is 5.78 Å². The molecule has 78 valence electrons. The van der Waals surface area contributed by atoms with E-state index in [1.165, 1.54) is 0 Å². The Hall–Kier alpha value is -0.0400. The lowest BCUT2D eigenvalue weighted by atomic mass is 9.82. The summed E-state index contributed by atoms with van der Waals surface area (Å²) in [5.74, 6) is 0.238. The van der Waals surface area contributed by atoms with Gasteiger partial charge in [0, 0.05) is 16.7 Å². The predicted octanol–water partition coefficient (Wildman–Crippen LogP) is 3.65. The molecule has 0 bridgehead atoms. The van der Waals surface area contributed by atoms with Crippen LogP contribution in [0, 0.1) is 11.3 Å². The minimum absolute atomic E-state index is 0.00303. The van der Waals surface area contributed by atoms with E-state index in [-0.39, 0.29) is 22.5 Å². The minimum Gasteiger partial charge on any atom is -0.299 e. The SMILES string of the molecule is CCCC(Cl)C(C)C(=O)C(C)(C)C. The molecule has 0 saturated carbocycles. The number of halogens is 1. The van der Waals surface area contributed by atoms with Crippen LogP contribution in [0.4, 0.5) is 0 Å². The highest BCUT2D eigenvalue weighted by Crippen LogP contribution is 2.26. The van der Waals surface area contributed by atoms with Crippen LogP contribution in [0.1, 0.15) is 47.5 Å². The van der Waals surface area contributed by atoms with Gasteiger partial charge in [0.2, 0.25) is 0 Å². The first kappa shape index (κ1) is 13.0. The smallest absolute Gasteiger partial charge is 0.142 e. The van der Waals surface area contributed by atoms with Gasteiger partial charge >= 0.3 is 0 Å². The summed E-state index contributed by atoms with van der Waals surface area (Å²) in [6.07, 6.45) is 1.96. The summed E-state index contributed by atoms with van der Waals surface area (Å²) in [6.45, 7) is 9.86. The van der Waals surface area contributed by atoms with Gasteiger partial charge in [-0.05, 0) is 6.42 Å². The molecule has 0 amide bonds. The molecule has 13 heavy (non-hydrogen) atoms. The van der Waals surface area contributed by atoms with E-state index in [1.54, 1.807) is 0 Å². The lowest BCUT2D eigenvalue weighted by Gasteiger charge is -2.24. The quantitative estimate of drug-likeness (QED) is 0.639. The standard InChI is InChI=1S/C11H21ClO/c1-6-7-9(12)8(2)10(13)11(3,4)5/h8-9H,6-7H2,1-5H3. The van der Waals surface area contributed by atoms with Crippen LogP contribution in [0.5, 0.6) is 0 Å². The van der Waals surface area contributed by atoms with Crippen molar-refractivity contribution < 1.29 is 4.79 Å². The van der Waals surface area contributed by atoms with Gasteiger partial charge in [0.05, 0.1) is 0 Å². The van der Waals surface area contributed by atoms with E-state index in [9.17, 15) is 4.79 Å². The lowest BCUT2D eigenvalue weighted by Crippen LogP contribution is -2.31. The van der Waals surface area contributed by atoms with Crippen LogP contribution in [0.3, 0.4) is 0 Å². The molecule has 0 N–H and O–H groups in total. The van der Waals surface area contributed by atoms with Crippen LogP contribution in [0.25, 0.3) is 0 Å². The third-order valence-corrected chi connectivity index (χ3v) is 2.86. The number of Topliss-reactive ketones (excluding diaryl/α,β-unsaturated/α-hetero) is 1. The van der Waals surface area contributed by atoms with Crippen molar-refractivity contribution in [3.05, 3.63) is 0 Å². The molecule has 2 unspecified atom stereocenters. The van der Waals surface area contributed by atoms with Gasteiger partial charge < -0.3 is 0 Å². The topological polar surface area (TPSA) is 17.1 Å². The van der Waals surface area contributed by atoms with Crippen molar-refractivity contribution in [1.29, 1.82) is 0 Å². The zero-order chi connectivity index (χ0) is 10.6. The summed E-state index contributed by atoms with van der Waals surface area (Å²) in [5.41, 5.74) is -0.264. The summed E-state index contributed by atoms with van der Waals surface area (Å²) in [6, 6.07) is 0. The number of rotatable bonds is 4. The molecule has 0 aromatic heterocycles. The third-order valence-electron chi connectivity index (χ3n) is 2.26. The highest BCUT2D eigenvalue weighted by molar-refractivity contribution is 6.22. The molecular weight excluding hydrogens is 184 g/mol. The first-order valence-corrected chi connectivity index (χ1v) is 5.42. The molecule has 0 aliphatic heterocycles. The van der Waals surface area contributed by atoms with E-state index in [0.717, 1.165) is 12.8 Å². The van der Waals surface area contributed by atoms with Crippen LogP contribution >= 0.6 is 11.6 Å². The number of ketones is 1. The van der Waals surface area contributed by atoms with Crippen molar-refractivity contribution >= 4 is 17.4 Å². The largest absolute Gasteiger partial charge is 0.299 e. The molecule has 0 aliphatic rings. The molecule has 2 atom stereocenters. The number of carbonyl (C=O) groups is 1. The van der Waals surface area contributed by atoms with E-state index >= 15 is 0 Å². The third kappa shape index (κ3) is 4.12. The summed E-state index contributed by atoms with van der Waals surface area (Å²) in [5, 5.41) is -0.00303. The lowest BCUT2D eigenvalue weighted by molar-refractivity contribution is -0.129. The van der Waals surface area contributed by atoms with E-state index in [4.69, 9.17) is 11.6 Å². The maximum atomic E-state index is 11.8. The molecule has 0 spiro atoms. The van der Waals surface area contributed by atoms with Crippen molar-refractivity contribution in [2.24, 2.45) is 11.3 Å². The Kier molecular flexibility index (Phi) is 4.98. The van der Waals surface area contributed by atoms with Crippen LogP contribution in [-0.2, 0) is 4.79 Å². The molecule has 0 aromatic rings. The summed E-state index contributed by atoms with van der Waals surface area (Å²) < 4.78 is 0. The van der Waals surface area contributed by atoms with Crippen LogP contribution in [0.15, 0.2) is 0 Å². The molecule has 1 nitrogen and oxygen atoms in total. The summed E-state index contributed by atoms with van der Waals surface area (Å²) >= 11 is 6.11. The highest BCUT2D eigenvalue weighted by atomic mass is 35.5. The van der Waals surface area contributed by atoms with Gasteiger partial charge in [-0.2, -0.15) is 0 Å². The fourth-order valence-corrected chi connectivity index (χ4v) is 1.71. The van der Waals surface area contributed by atoms with E-state index in [0.29, 0.717) is 0 Å². The van der Waals surface area contributed by atoms with Gasteiger partial charge in [0.25, 0.3) is 0 Å². The molecule has 0 radical (unpaired) electrons. The first-order valence-electron chi connectivity index (χ1n) is 4.99. The van der Waals surface area contributed by atoms with E-state index in [2.05, 4.69) is 6.92 Å². The number of hydrogen-bond acceptors (Lipinski definition) is 1. The van der Waals surface area contributed by atoms with Crippen molar-refractivity contribution in [1.82, 2.24) is 0 Å². The second-order valence-electron chi connectivity index (χ2n) is 4.71. The summed E-state index contributed by atoms with van der Waals surface area (Å²) in [7, 11) is 0. The van der Waals surface area contributed by atoms with Crippen LogP contribution in [-0.4, -0.2) is 11.2 Å². The normalized spacial score (nSPS) is 16.8. The van der Waals surface area contributed by atoms with Crippen LogP contribution < -0.4 is 0 Å². The Morgan fingerprint density at radius 1 is 1.38 bits per heavy atom. The van der Waals surface area contributed by atoms with E-state index in [1.807, 2.05) is 27.7 Å². The molecule has 0 aromatic carbocycles. The van der Waals surface area contributed by atoms with Gasteiger partial charge in [-0.3, -0.25) is 4.79 Å². The zero-order valence-corrected chi connectivity index (χ0v) is 10.1. The molecule has 2 heteroatoms. The predicted molar refractivity (Wildman–Crippen MR) is 58.2 cm³/mol. The second-order valence-corrected chi connectivity index (χ2v) is 5.27. The maximum Gasteiger partial charge on any atom is 0.142 e. The van der Waals surface area contributed by atoms with Gasteiger partial charge in [0.15, 0.2) is 0 Å². The maximum absolute atomic E-state index is 11.8. The molecular formula is C11H21ClO. The van der Waals surface area contributed by atoms with Crippen LogP contribution in [0.2, 0.25) is 0 Å². The Labute approximate surface area is 86.9 Å². The van der Waals surface area contributed by atoms with Crippen molar-refractivity contribution in [3.63, 3.8) is 0 Å². The fourth-order valence-electron chi connectivity index (χ4n) is 1.37. The fraction of sp³-hybridized carbons (Fsp3) is 0.909. The van der Waals surface area contributed by atoms with Crippen molar-refractivity contribution in [3.8, 4) is 0 Å². The average molecular weight is 205 g/mol. The zero-order valence-electron chi connectivity index (χ0n) is 9.36. The minimum atomic E-state index is -0.264. The average Bonchev–Trinajstić information content (AvgIpc) is 2.00. The Balaban J connectivity index is 4.26. The number of alkyl halides is 1. The summed E-state index contributed by atoms with van der Waals surface area (Å²) in [4.78, 5) is 11.8. The molecule has 0 aliphatic carbocycles. The van der Waals surface area contributed by atoms with Gasteiger partial charge in [-0.1, -0.05) is 41.0 Å². The molecule has 0 heterocycles. The van der Waals surface area contributed by atoms with Crippen molar-refractivity contribution in [2.75, 3.05) is 0 Å². The van der Waals surface area contributed by atoms with E-state index < -0.39 is 0 Å². The Bertz CT molecular complexity index is 169. The molecule has 0 saturated heterocycles. The molecule has 0 fully saturated rings.